The molecular weight excluding hydrogens is 234 g/mol. The van der Waals surface area contributed by atoms with Crippen LogP contribution in [0.1, 0.15) is 13.3 Å². The number of thiol groups is 1. The van der Waals surface area contributed by atoms with Crippen LogP contribution in [0.4, 0.5) is 0 Å². The fourth-order valence-corrected chi connectivity index (χ4v) is 2.01. The lowest BCUT2D eigenvalue weighted by Gasteiger charge is -2.13. The lowest BCUT2D eigenvalue weighted by atomic mass is 10.1. The fourth-order valence-electron chi connectivity index (χ4n) is 1.42. The summed E-state index contributed by atoms with van der Waals surface area (Å²) in [4.78, 5) is 16.3. The van der Waals surface area contributed by atoms with E-state index in [9.17, 15) is 4.79 Å². The summed E-state index contributed by atoms with van der Waals surface area (Å²) < 4.78 is 0. The van der Waals surface area contributed by atoms with Crippen LogP contribution in [0.3, 0.4) is 0 Å². The van der Waals surface area contributed by atoms with Gasteiger partial charge >= 0.3 is 0 Å². The van der Waals surface area contributed by atoms with Crippen LogP contribution in [-0.2, 0) is 4.79 Å². The highest BCUT2D eigenvalue weighted by atomic mass is 32.1. The lowest BCUT2D eigenvalue weighted by Crippen LogP contribution is -2.30. The molecule has 0 radical (unpaired) electrons. The zero-order valence-electron chi connectivity index (χ0n) is 9.42. The minimum atomic E-state index is -0.0583. The van der Waals surface area contributed by atoms with Crippen molar-refractivity contribution in [2.45, 2.75) is 18.2 Å². The van der Waals surface area contributed by atoms with E-state index in [0.29, 0.717) is 12.3 Å². The Balaban J connectivity index is 2.11. The van der Waals surface area contributed by atoms with Crippen LogP contribution in [0.5, 0.6) is 0 Å². The molecule has 1 aliphatic heterocycles. The van der Waals surface area contributed by atoms with Gasteiger partial charge < -0.3 is 0 Å². The van der Waals surface area contributed by atoms with E-state index in [1.54, 1.807) is 0 Å². The molecule has 1 aliphatic rings. The number of rotatable bonds is 1. The van der Waals surface area contributed by atoms with Gasteiger partial charge in [0.2, 0.25) is 5.91 Å². The van der Waals surface area contributed by atoms with Gasteiger partial charge in [-0.25, -0.2) is 5.43 Å². The van der Waals surface area contributed by atoms with Crippen molar-refractivity contribution >= 4 is 28.3 Å². The van der Waals surface area contributed by atoms with E-state index in [1.807, 2.05) is 37.3 Å². The number of hydrazone groups is 1. The van der Waals surface area contributed by atoms with Gasteiger partial charge in [0.05, 0.1) is 0 Å². The van der Waals surface area contributed by atoms with Crippen LogP contribution in [0.15, 0.2) is 45.3 Å². The van der Waals surface area contributed by atoms with E-state index in [-0.39, 0.29) is 11.8 Å². The molecule has 1 aromatic rings. The average Bonchev–Trinajstić information content (AvgIpc) is 2.33. The summed E-state index contributed by atoms with van der Waals surface area (Å²) in [5, 5.41) is 6.84. The number of amides is 1. The molecule has 1 aromatic carbocycles. The van der Waals surface area contributed by atoms with Crippen molar-refractivity contribution in [2.24, 2.45) is 16.0 Å². The topological polar surface area (TPSA) is 53.8 Å². The Morgan fingerprint density at radius 2 is 2.24 bits per heavy atom. The molecule has 1 amide bonds. The molecular formula is C12H13N3OS. The Kier molecular flexibility index (Phi) is 3.85. The third-order valence-corrected chi connectivity index (χ3v) is 3.08. The smallest absolute Gasteiger partial charge is 0.240 e. The third kappa shape index (κ3) is 3.37. The molecule has 2 rings (SSSR count). The number of hydrogen-bond acceptors (Lipinski definition) is 3. The van der Waals surface area contributed by atoms with Gasteiger partial charge in [-0.2, -0.15) is 10.1 Å². The molecule has 88 valence electrons. The van der Waals surface area contributed by atoms with Crippen LogP contribution in [-0.4, -0.2) is 16.9 Å². The van der Waals surface area contributed by atoms with Crippen molar-refractivity contribution < 1.29 is 4.79 Å². The number of nitrogens with zero attached hydrogens (tertiary/aromatic N) is 2. The molecule has 5 heteroatoms. The SMILES string of the molecule is CC1CC(=O)NN=C1N=C=[SH]c1ccccc1. The second kappa shape index (κ2) is 5.57. The first-order valence-electron chi connectivity index (χ1n) is 5.33. The quantitative estimate of drug-likeness (QED) is 0.444. The second-order valence-electron chi connectivity index (χ2n) is 3.77. The molecule has 0 spiro atoms. The summed E-state index contributed by atoms with van der Waals surface area (Å²) in [7, 11) is 0. The molecule has 0 bridgehead atoms. The molecule has 0 saturated heterocycles. The lowest BCUT2D eigenvalue weighted by molar-refractivity contribution is -0.121. The first-order chi connectivity index (χ1) is 8.25. The summed E-state index contributed by atoms with van der Waals surface area (Å²) >= 11 is 0.904. The molecule has 0 fully saturated rings. The van der Waals surface area contributed by atoms with Crippen LogP contribution in [0.2, 0.25) is 0 Å². The van der Waals surface area contributed by atoms with Gasteiger partial charge in [-0.15, -0.1) is 11.4 Å². The van der Waals surface area contributed by atoms with Gasteiger partial charge in [0.25, 0.3) is 0 Å². The Labute approximate surface area is 103 Å². The van der Waals surface area contributed by atoms with Crippen LogP contribution >= 0.6 is 11.4 Å². The summed E-state index contributed by atoms with van der Waals surface area (Å²) in [6.45, 7) is 1.93. The number of carbonyl (C=O) groups excluding carboxylic acids is 1. The van der Waals surface area contributed by atoms with Crippen molar-refractivity contribution in [1.29, 1.82) is 0 Å². The van der Waals surface area contributed by atoms with Gasteiger partial charge in [-0.05, 0) is 12.1 Å². The van der Waals surface area contributed by atoms with E-state index in [2.05, 4.69) is 20.7 Å². The molecule has 0 saturated carbocycles. The summed E-state index contributed by atoms with van der Waals surface area (Å²) in [5.41, 5.74) is 2.42. The Bertz CT molecular complexity index is 504. The zero-order valence-corrected chi connectivity index (χ0v) is 10.3. The maximum Gasteiger partial charge on any atom is 0.240 e. The summed E-state index contributed by atoms with van der Waals surface area (Å²) in [5.74, 6) is 0.632. The highest BCUT2D eigenvalue weighted by molar-refractivity contribution is 7.97. The van der Waals surface area contributed by atoms with E-state index >= 15 is 0 Å². The largest absolute Gasteiger partial charge is 0.273 e. The van der Waals surface area contributed by atoms with Gasteiger partial charge in [-0.3, -0.25) is 4.79 Å². The molecule has 1 N–H and O–H groups in total. The number of hydrogen-bond donors (Lipinski definition) is 2. The average molecular weight is 247 g/mol. The predicted octanol–water partition coefficient (Wildman–Crippen LogP) is 1.89. The maximum absolute atomic E-state index is 11.0. The normalized spacial score (nSPS) is 19.0. The predicted molar refractivity (Wildman–Crippen MR) is 70.5 cm³/mol. The van der Waals surface area contributed by atoms with Crippen molar-refractivity contribution in [3.05, 3.63) is 30.3 Å². The van der Waals surface area contributed by atoms with Gasteiger partial charge in [0.15, 0.2) is 5.84 Å². The third-order valence-electron chi connectivity index (χ3n) is 2.33. The van der Waals surface area contributed by atoms with Gasteiger partial charge in [-0.1, -0.05) is 25.1 Å². The van der Waals surface area contributed by atoms with E-state index in [1.165, 1.54) is 0 Å². The zero-order chi connectivity index (χ0) is 12.1. The Hall–Kier alpha value is -1.71. The Morgan fingerprint density at radius 3 is 2.94 bits per heavy atom. The van der Waals surface area contributed by atoms with E-state index < -0.39 is 0 Å². The molecule has 0 aromatic heterocycles. The molecule has 1 unspecified atom stereocenters. The standard InChI is InChI=1S/C12H13N3OS/c1-9-7-11(16)14-15-12(9)13-8-17-10-5-3-2-4-6-10/h2-6,9,17H,7H2,1H3,(H,14,16). The van der Waals surface area contributed by atoms with Crippen molar-refractivity contribution in [1.82, 2.24) is 5.43 Å². The molecule has 1 atom stereocenters. The molecule has 0 aliphatic carbocycles. The second-order valence-corrected chi connectivity index (χ2v) is 4.71. The number of nitrogens with one attached hydrogen (secondary N) is 1. The first-order valence-corrected chi connectivity index (χ1v) is 6.23. The minimum Gasteiger partial charge on any atom is -0.273 e. The summed E-state index contributed by atoms with van der Waals surface area (Å²) in [6, 6.07) is 9.95. The highest BCUT2D eigenvalue weighted by Crippen LogP contribution is 2.11. The molecule has 17 heavy (non-hydrogen) atoms. The monoisotopic (exact) mass is 247 g/mol. The molecule has 4 nitrogen and oxygen atoms in total. The summed E-state index contributed by atoms with van der Waals surface area (Å²) in [6.07, 6.45) is 0.437. The molecule has 1 heterocycles. The van der Waals surface area contributed by atoms with E-state index in [0.717, 1.165) is 16.2 Å². The van der Waals surface area contributed by atoms with Crippen molar-refractivity contribution in [3.63, 3.8) is 0 Å². The fraction of sp³-hybridized carbons (Fsp3) is 0.250. The van der Waals surface area contributed by atoms with Gasteiger partial charge in [0, 0.05) is 22.4 Å². The van der Waals surface area contributed by atoms with Crippen LogP contribution in [0, 0.1) is 5.92 Å². The number of isothiocyanates is 1. The first kappa shape index (κ1) is 11.8. The van der Waals surface area contributed by atoms with Crippen LogP contribution in [0.25, 0.3) is 0 Å². The number of amidine groups is 1. The van der Waals surface area contributed by atoms with Gasteiger partial charge in [0.1, 0.15) is 0 Å². The van der Waals surface area contributed by atoms with Crippen molar-refractivity contribution in [3.8, 4) is 0 Å². The van der Waals surface area contributed by atoms with Crippen molar-refractivity contribution in [2.75, 3.05) is 0 Å². The number of benzene rings is 1. The Morgan fingerprint density at radius 1 is 1.47 bits per heavy atom. The number of aliphatic imine (C=N–C) groups is 1. The number of carbonyl (C=O) groups is 1. The maximum atomic E-state index is 11.0. The van der Waals surface area contributed by atoms with E-state index in [4.69, 9.17) is 0 Å². The van der Waals surface area contributed by atoms with Crippen LogP contribution < -0.4 is 5.43 Å². The highest BCUT2D eigenvalue weighted by Gasteiger charge is 2.19. The minimum absolute atomic E-state index is 0.0576.